The van der Waals surface area contributed by atoms with Crippen molar-refractivity contribution in [1.29, 1.82) is 0 Å². The van der Waals surface area contributed by atoms with Crippen LogP contribution in [-0.2, 0) is 26.2 Å². The standard InChI is InChI=1S/C23H27NO10/c1-24-7-6-22-13-9-2-3-11(32-21-16(28)14(26)15(27)18(34-21)20(29)30)17(13)33-19(22)10(25)4-5-23(22,31)12(24)8-9/h2-3,12,14-16,18-19,21,26-28,31H,4-8H2,1H3,(H,29,30)/t12-,14+,15+,16-,18+,19+,21-,22+,23-/m1/s1. The van der Waals surface area contributed by atoms with Crippen LogP contribution < -0.4 is 9.47 Å². The number of ketones is 1. The van der Waals surface area contributed by atoms with Gasteiger partial charge in [-0.3, -0.25) is 4.79 Å². The largest absolute Gasteiger partial charge is 0.479 e. The van der Waals surface area contributed by atoms with E-state index in [9.17, 15) is 35.1 Å². The Morgan fingerprint density at radius 1 is 1.18 bits per heavy atom. The van der Waals surface area contributed by atoms with Crippen molar-refractivity contribution in [2.24, 2.45) is 0 Å². The summed E-state index contributed by atoms with van der Waals surface area (Å²) in [4.78, 5) is 26.6. The lowest BCUT2D eigenvalue weighted by molar-refractivity contribution is -0.271. The molecule has 2 bridgehead atoms. The fourth-order valence-corrected chi connectivity index (χ4v) is 6.89. The van der Waals surface area contributed by atoms with Crippen LogP contribution in [0.5, 0.6) is 11.5 Å². The molecule has 11 heteroatoms. The number of hydrogen-bond acceptors (Lipinski definition) is 10. The average Bonchev–Trinajstić information content (AvgIpc) is 3.16. The summed E-state index contributed by atoms with van der Waals surface area (Å²) >= 11 is 0. The van der Waals surface area contributed by atoms with Crippen LogP contribution in [-0.4, -0.2) is 104 Å². The quantitative estimate of drug-likeness (QED) is 0.337. The molecule has 3 fully saturated rings. The maximum Gasteiger partial charge on any atom is 0.335 e. The number of likely N-dealkylation sites (N-methyl/N-ethyl adjacent to an activating group) is 1. The van der Waals surface area contributed by atoms with Gasteiger partial charge in [0.15, 0.2) is 29.5 Å². The number of nitrogens with zero attached hydrogens (tertiary/aromatic N) is 1. The first-order valence-electron chi connectivity index (χ1n) is 11.5. The van der Waals surface area contributed by atoms with Crippen molar-refractivity contribution < 1.29 is 49.3 Å². The summed E-state index contributed by atoms with van der Waals surface area (Å²) in [6.07, 6.45) is -8.07. The van der Waals surface area contributed by atoms with Gasteiger partial charge in [-0.05, 0) is 44.5 Å². The van der Waals surface area contributed by atoms with Gasteiger partial charge in [0.05, 0.1) is 11.0 Å². The SMILES string of the molecule is CN1CC[C@]23c4c5ccc(O[C@@H]6O[C@H](C(=O)O)[C@@H](O)[C@H](O)[C@H]6O)c4O[C@H]2C(=O)CC[C@@]3(O)[C@H]1C5. The van der Waals surface area contributed by atoms with E-state index in [1.807, 2.05) is 13.1 Å². The predicted molar refractivity (Wildman–Crippen MR) is 111 cm³/mol. The molecule has 34 heavy (non-hydrogen) atoms. The summed E-state index contributed by atoms with van der Waals surface area (Å²) in [5.74, 6) is -1.24. The monoisotopic (exact) mass is 477 g/mol. The molecule has 0 aromatic heterocycles. The zero-order valence-electron chi connectivity index (χ0n) is 18.5. The minimum absolute atomic E-state index is 0.0959. The molecular weight excluding hydrogens is 450 g/mol. The summed E-state index contributed by atoms with van der Waals surface area (Å²) in [6.45, 7) is 0.679. The Morgan fingerprint density at radius 3 is 2.68 bits per heavy atom. The van der Waals surface area contributed by atoms with Gasteiger partial charge in [-0.2, -0.15) is 0 Å². The molecule has 2 aliphatic carbocycles. The fourth-order valence-electron chi connectivity index (χ4n) is 6.89. The topological polar surface area (TPSA) is 166 Å². The van der Waals surface area contributed by atoms with Crippen LogP contribution in [0.1, 0.15) is 30.4 Å². The van der Waals surface area contributed by atoms with Crippen molar-refractivity contribution in [1.82, 2.24) is 4.90 Å². The third-order valence-corrected chi connectivity index (χ3v) is 8.57. The smallest absolute Gasteiger partial charge is 0.335 e. The zero-order valence-corrected chi connectivity index (χ0v) is 18.5. The van der Waals surface area contributed by atoms with Crippen molar-refractivity contribution in [3.8, 4) is 11.5 Å². The highest BCUT2D eigenvalue weighted by Crippen LogP contribution is 2.64. The molecular formula is C23H27NO10. The second-order valence-electron chi connectivity index (χ2n) is 10.1. The number of Topliss-reactive ketones (excluding diaryl/α,β-unsaturated/α-hetero) is 1. The van der Waals surface area contributed by atoms with Gasteiger partial charge in [0.25, 0.3) is 0 Å². The summed E-state index contributed by atoms with van der Waals surface area (Å²) in [6, 6.07) is 3.25. The number of benzene rings is 1. The molecule has 1 spiro atoms. The number of hydrogen-bond donors (Lipinski definition) is 5. The summed E-state index contributed by atoms with van der Waals surface area (Å²) < 4.78 is 17.3. The number of rotatable bonds is 3. The van der Waals surface area contributed by atoms with Crippen LogP contribution in [0, 0.1) is 0 Å². The van der Waals surface area contributed by atoms with Crippen molar-refractivity contribution in [3.05, 3.63) is 23.3 Å². The molecule has 1 saturated carbocycles. The molecule has 1 aromatic carbocycles. The van der Waals surface area contributed by atoms with E-state index in [4.69, 9.17) is 14.2 Å². The van der Waals surface area contributed by atoms with Gasteiger partial charge in [-0.15, -0.1) is 0 Å². The molecule has 11 nitrogen and oxygen atoms in total. The molecule has 5 N–H and O–H groups in total. The minimum Gasteiger partial charge on any atom is -0.479 e. The number of aliphatic hydroxyl groups excluding tert-OH is 3. The molecule has 0 unspecified atom stereocenters. The highest BCUT2D eigenvalue weighted by Gasteiger charge is 2.73. The van der Waals surface area contributed by atoms with E-state index in [1.54, 1.807) is 6.07 Å². The second-order valence-corrected chi connectivity index (χ2v) is 10.1. The molecule has 0 amide bonds. The molecule has 1 aromatic rings. The number of likely N-dealkylation sites (tertiary alicyclic amines) is 1. The van der Waals surface area contributed by atoms with E-state index < -0.39 is 53.8 Å². The van der Waals surface area contributed by atoms with Crippen LogP contribution in [0.3, 0.4) is 0 Å². The van der Waals surface area contributed by atoms with Gasteiger partial charge in [0, 0.05) is 18.0 Å². The van der Waals surface area contributed by atoms with Crippen LogP contribution in [0.25, 0.3) is 0 Å². The predicted octanol–water partition coefficient (Wildman–Crippen LogP) is -1.69. The van der Waals surface area contributed by atoms with Crippen molar-refractivity contribution in [2.75, 3.05) is 13.6 Å². The lowest BCUT2D eigenvalue weighted by atomic mass is 9.49. The van der Waals surface area contributed by atoms with Crippen LogP contribution >= 0.6 is 0 Å². The third kappa shape index (κ3) is 2.57. The number of carboxylic acids is 1. The first kappa shape index (κ1) is 22.2. The Kier molecular flexibility index (Phi) is 4.65. The Morgan fingerprint density at radius 2 is 1.94 bits per heavy atom. The highest BCUT2D eigenvalue weighted by molar-refractivity contribution is 5.90. The number of carbonyl (C=O) groups excluding carboxylic acids is 1. The van der Waals surface area contributed by atoms with Crippen LogP contribution in [0.15, 0.2) is 12.1 Å². The number of aliphatic hydroxyl groups is 4. The first-order valence-corrected chi connectivity index (χ1v) is 11.5. The number of piperidine rings is 1. The van der Waals surface area contributed by atoms with E-state index in [0.717, 1.165) is 11.1 Å². The lowest BCUT2D eigenvalue weighted by Gasteiger charge is -2.62. The Hall–Kier alpha value is -2.28. The second kappa shape index (κ2) is 7.12. The van der Waals surface area contributed by atoms with E-state index in [0.29, 0.717) is 25.8 Å². The average molecular weight is 477 g/mol. The van der Waals surface area contributed by atoms with Gasteiger partial charge in [0.1, 0.15) is 18.3 Å². The molecule has 5 aliphatic rings. The molecule has 2 saturated heterocycles. The zero-order chi connectivity index (χ0) is 24.2. The number of ether oxygens (including phenoxy) is 3. The van der Waals surface area contributed by atoms with Gasteiger partial charge in [-0.25, -0.2) is 4.79 Å². The van der Waals surface area contributed by atoms with E-state index in [-0.39, 0.29) is 29.7 Å². The van der Waals surface area contributed by atoms with Gasteiger partial charge in [0.2, 0.25) is 6.29 Å². The summed E-state index contributed by atoms with van der Waals surface area (Å²) in [7, 11) is 1.97. The highest BCUT2D eigenvalue weighted by atomic mass is 16.7. The Labute approximate surface area is 194 Å². The molecule has 184 valence electrons. The van der Waals surface area contributed by atoms with Crippen molar-refractivity contribution >= 4 is 11.8 Å². The van der Waals surface area contributed by atoms with Crippen molar-refractivity contribution in [2.45, 2.75) is 79.6 Å². The van der Waals surface area contributed by atoms with Crippen molar-refractivity contribution in [3.63, 3.8) is 0 Å². The lowest BCUT2D eigenvalue weighted by Crippen LogP contribution is -2.76. The van der Waals surface area contributed by atoms with E-state index >= 15 is 0 Å². The molecule has 3 heterocycles. The normalized spacial score (nSPS) is 44.9. The number of carbonyl (C=O) groups is 2. The number of aliphatic carboxylic acids is 1. The van der Waals surface area contributed by atoms with E-state index in [1.165, 1.54) is 0 Å². The molecule has 6 rings (SSSR count). The number of carboxylic acid groups (broad SMARTS) is 1. The molecule has 0 radical (unpaired) electrons. The fraction of sp³-hybridized carbons (Fsp3) is 0.652. The van der Waals surface area contributed by atoms with Crippen LogP contribution in [0.4, 0.5) is 0 Å². The summed E-state index contributed by atoms with van der Waals surface area (Å²) in [5.41, 5.74) is -0.432. The molecule has 9 atom stereocenters. The molecule has 3 aliphatic heterocycles. The Bertz CT molecular complexity index is 1080. The Balaban J connectivity index is 1.43. The maximum absolute atomic E-state index is 13.0. The van der Waals surface area contributed by atoms with Gasteiger partial charge < -0.3 is 44.6 Å². The van der Waals surface area contributed by atoms with Gasteiger partial charge in [-0.1, -0.05) is 6.07 Å². The van der Waals surface area contributed by atoms with E-state index in [2.05, 4.69) is 4.90 Å². The first-order chi connectivity index (χ1) is 16.1. The third-order valence-electron chi connectivity index (χ3n) is 8.57. The summed E-state index contributed by atoms with van der Waals surface area (Å²) in [5, 5.41) is 51.8. The maximum atomic E-state index is 13.0. The minimum atomic E-state index is -1.84. The van der Waals surface area contributed by atoms with Crippen LogP contribution in [0.2, 0.25) is 0 Å². The van der Waals surface area contributed by atoms with Gasteiger partial charge >= 0.3 is 5.97 Å².